The van der Waals surface area contributed by atoms with Crippen LogP contribution >= 0.6 is 0 Å². The third kappa shape index (κ3) is 3.09. The number of rotatable bonds is 4. The summed E-state index contributed by atoms with van der Waals surface area (Å²) in [6.07, 6.45) is 3.23. The van der Waals surface area contributed by atoms with E-state index in [1.165, 1.54) is 12.1 Å². The summed E-state index contributed by atoms with van der Waals surface area (Å²) in [5, 5.41) is 3.92. The number of halogens is 1. The lowest BCUT2D eigenvalue weighted by Crippen LogP contribution is -2.23. The first-order valence-corrected chi connectivity index (χ1v) is 6.89. The van der Waals surface area contributed by atoms with Crippen molar-refractivity contribution in [3.63, 3.8) is 0 Å². The molecule has 3 N–H and O–H groups in total. The van der Waals surface area contributed by atoms with Gasteiger partial charge in [-0.3, -0.25) is 4.68 Å². The molecule has 102 valence electrons. The molecular formula is C11H13FN4O2S. The van der Waals surface area contributed by atoms with E-state index in [0.717, 1.165) is 6.07 Å². The van der Waals surface area contributed by atoms with Crippen molar-refractivity contribution >= 4 is 15.7 Å². The summed E-state index contributed by atoms with van der Waals surface area (Å²) in [6.45, 7) is 0.0855. The Morgan fingerprint density at radius 3 is 2.79 bits per heavy atom. The van der Waals surface area contributed by atoms with Crippen LogP contribution in [0.1, 0.15) is 5.56 Å². The molecule has 2 aromatic rings. The molecule has 0 spiro atoms. The van der Waals surface area contributed by atoms with Gasteiger partial charge < -0.3 is 5.73 Å². The minimum absolute atomic E-state index is 0.0855. The second-order valence-corrected chi connectivity index (χ2v) is 5.80. The van der Waals surface area contributed by atoms with Crippen molar-refractivity contribution in [2.75, 3.05) is 5.73 Å². The molecule has 8 heteroatoms. The van der Waals surface area contributed by atoms with Gasteiger partial charge >= 0.3 is 0 Å². The smallest absolute Gasteiger partial charge is 0.240 e. The van der Waals surface area contributed by atoms with E-state index in [4.69, 9.17) is 5.73 Å². The van der Waals surface area contributed by atoms with Crippen molar-refractivity contribution in [1.29, 1.82) is 0 Å². The first-order valence-electron chi connectivity index (χ1n) is 5.41. The predicted molar refractivity (Wildman–Crippen MR) is 68.0 cm³/mol. The summed E-state index contributed by atoms with van der Waals surface area (Å²) >= 11 is 0. The largest absolute Gasteiger partial charge is 0.396 e. The van der Waals surface area contributed by atoms with Gasteiger partial charge in [0.1, 0.15) is 5.82 Å². The number of hydrogen-bond acceptors (Lipinski definition) is 4. The zero-order valence-electron chi connectivity index (χ0n) is 10.2. The van der Waals surface area contributed by atoms with Gasteiger partial charge in [-0.15, -0.1) is 0 Å². The second kappa shape index (κ2) is 4.98. The Morgan fingerprint density at radius 1 is 1.47 bits per heavy atom. The maximum atomic E-state index is 13.2. The van der Waals surface area contributed by atoms with E-state index >= 15 is 0 Å². The standard InChI is InChI=1S/C11H13FN4O2S/c1-16-7-8(5-14-16)6-15-19(17,18)9-2-3-11(13)10(12)4-9/h2-5,7,15H,6,13H2,1H3. The second-order valence-electron chi connectivity index (χ2n) is 4.03. The molecule has 2 rings (SSSR count). The maximum Gasteiger partial charge on any atom is 0.240 e. The molecule has 1 aromatic heterocycles. The van der Waals surface area contributed by atoms with E-state index in [0.29, 0.717) is 5.56 Å². The molecule has 0 aliphatic heterocycles. The van der Waals surface area contributed by atoms with Crippen LogP contribution in [0.5, 0.6) is 0 Å². The number of benzene rings is 1. The molecule has 0 aliphatic carbocycles. The Bertz CT molecular complexity index is 696. The van der Waals surface area contributed by atoms with Gasteiger partial charge in [-0.1, -0.05) is 0 Å². The van der Waals surface area contributed by atoms with Crippen LogP contribution in [-0.2, 0) is 23.6 Å². The number of sulfonamides is 1. The van der Waals surface area contributed by atoms with Gasteiger partial charge in [0, 0.05) is 25.4 Å². The fourth-order valence-corrected chi connectivity index (χ4v) is 2.53. The first-order chi connectivity index (χ1) is 8.88. The Morgan fingerprint density at radius 2 is 2.21 bits per heavy atom. The van der Waals surface area contributed by atoms with E-state index in [1.54, 1.807) is 24.1 Å². The molecule has 0 bridgehead atoms. The number of aryl methyl sites for hydroxylation is 1. The summed E-state index contributed by atoms with van der Waals surface area (Å²) in [5.74, 6) is -0.760. The number of aromatic nitrogens is 2. The van der Waals surface area contributed by atoms with Gasteiger partial charge in [0.15, 0.2) is 0 Å². The lowest BCUT2D eigenvalue weighted by molar-refractivity contribution is 0.578. The average molecular weight is 284 g/mol. The number of nitrogens with two attached hydrogens (primary N) is 1. The van der Waals surface area contributed by atoms with Crippen molar-refractivity contribution in [3.05, 3.63) is 42.0 Å². The highest BCUT2D eigenvalue weighted by atomic mass is 32.2. The molecule has 0 saturated carbocycles. The van der Waals surface area contributed by atoms with Crippen molar-refractivity contribution in [2.45, 2.75) is 11.4 Å². The molecule has 0 aliphatic rings. The third-order valence-corrected chi connectivity index (χ3v) is 3.91. The van der Waals surface area contributed by atoms with Crippen molar-refractivity contribution in [3.8, 4) is 0 Å². The van der Waals surface area contributed by atoms with Crippen LogP contribution in [0.4, 0.5) is 10.1 Å². The number of hydrogen-bond donors (Lipinski definition) is 2. The Hall–Kier alpha value is -1.93. The quantitative estimate of drug-likeness (QED) is 0.805. The molecule has 0 amide bonds. The van der Waals surface area contributed by atoms with Crippen LogP contribution in [0.2, 0.25) is 0 Å². The molecular weight excluding hydrogens is 271 g/mol. The highest BCUT2D eigenvalue weighted by molar-refractivity contribution is 7.89. The molecule has 0 atom stereocenters. The fourth-order valence-electron chi connectivity index (χ4n) is 1.50. The monoisotopic (exact) mass is 284 g/mol. The zero-order valence-corrected chi connectivity index (χ0v) is 11.0. The van der Waals surface area contributed by atoms with Gasteiger partial charge in [0.2, 0.25) is 10.0 Å². The third-order valence-electron chi connectivity index (χ3n) is 2.51. The summed E-state index contributed by atoms with van der Waals surface area (Å²) in [6, 6.07) is 3.36. The highest BCUT2D eigenvalue weighted by Gasteiger charge is 2.15. The molecule has 1 aromatic carbocycles. The van der Waals surface area contributed by atoms with E-state index in [9.17, 15) is 12.8 Å². The highest BCUT2D eigenvalue weighted by Crippen LogP contribution is 2.16. The Kier molecular flexibility index (Phi) is 3.54. The van der Waals surface area contributed by atoms with E-state index in [2.05, 4.69) is 9.82 Å². The van der Waals surface area contributed by atoms with Gasteiger partial charge in [-0.2, -0.15) is 5.10 Å². The van der Waals surface area contributed by atoms with Crippen LogP contribution in [0.3, 0.4) is 0 Å². The van der Waals surface area contributed by atoms with Crippen LogP contribution in [-0.4, -0.2) is 18.2 Å². The number of nitrogens with zero attached hydrogens (tertiary/aromatic N) is 2. The van der Waals surface area contributed by atoms with Crippen molar-refractivity contribution in [1.82, 2.24) is 14.5 Å². The number of nitrogen functional groups attached to an aromatic ring is 1. The summed E-state index contributed by atoms with van der Waals surface area (Å²) in [5.41, 5.74) is 5.92. The van der Waals surface area contributed by atoms with Gasteiger partial charge in [0.05, 0.1) is 16.8 Å². The van der Waals surface area contributed by atoms with E-state index in [-0.39, 0.29) is 17.1 Å². The van der Waals surface area contributed by atoms with Gasteiger partial charge in [-0.25, -0.2) is 17.5 Å². The molecule has 1 heterocycles. The molecule has 6 nitrogen and oxygen atoms in total. The Labute approximate surface area is 110 Å². The SMILES string of the molecule is Cn1cc(CNS(=O)(=O)c2ccc(N)c(F)c2)cn1. The molecule has 0 radical (unpaired) electrons. The Balaban J connectivity index is 2.16. The molecule has 0 fully saturated rings. The van der Waals surface area contributed by atoms with E-state index < -0.39 is 15.8 Å². The predicted octanol–water partition coefficient (Wildman–Crippen LogP) is 0.620. The van der Waals surface area contributed by atoms with E-state index in [1.807, 2.05) is 0 Å². The molecule has 19 heavy (non-hydrogen) atoms. The van der Waals surface area contributed by atoms with Crippen LogP contribution in [0.25, 0.3) is 0 Å². The normalized spacial score (nSPS) is 11.7. The lowest BCUT2D eigenvalue weighted by Gasteiger charge is -2.06. The fraction of sp³-hybridized carbons (Fsp3) is 0.182. The maximum absolute atomic E-state index is 13.2. The number of nitrogens with one attached hydrogen (secondary N) is 1. The van der Waals surface area contributed by atoms with Crippen molar-refractivity contribution in [2.24, 2.45) is 7.05 Å². The minimum Gasteiger partial charge on any atom is -0.396 e. The molecule has 0 unspecified atom stereocenters. The molecule has 0 saturated heterocycles. The van der Waals surface area contributed by atoms with Gasteiger partial charge in [-0.05, 0) is 18.2 Å². The van der Waals surface area contributed by atoms with Crippen LogP contribution in [0.15, 0.2) is 35.5 Å². The zero-order chi connectivity index (χ0) is 14.0. The topological polar surface area (TPSA) is 90.0 Å². The average Bonchev–Trinajstić information content (AvgIpc) is 2.76. The summed E-state index contributed by atoms with van der Waals surface area (Å²) in [4.78, 5) is -0.164. The lowest BCUT2D eigenvalue weighted by atomic mass is 10.3. The first kappa shape index (κ1) is 13.5. The van der Waals surface area contributed by atoms with Crippen LogP contribution < -0.4 is 10.5 Å². The van der Waals surface area contributed by atoms with Gasteiger partial charge in [0.25, 0.3) is 0 Å². The summed E-state index contributed by atoms with van der Waals surface area (Å²) in [7, 11) is -2.04. The number of anilines is 1. The van der Waals surface area contributed by atoms with Crippen LogP contribution in [0, 0.1) is 5.82 Å². The summed E-state index contributed by atoms with van der Waals surface area (Å²) < 4.78 is 41.0. The minimum atomic E-state index is -3.77. The van der Waals surface area contributed by atoms with Crippen molar-refractivity contribution < 1.29 is 12.8 Å².